The van der Waals surface area contributed by atoms with E-state index < -0.39 is 0 Å². The number of rotatable bonds is 4. The van der Waals surface area contributed by atoms with Gasteiger partial charge in [0.05, 0.1) is 18.7 Å². The Morgan fingerprint density at radius 2 is 2.00 bits per heavy atom. The molecule has 4 nitrogen and oxygen atoms in total. The van der Waals surface area contributed by atoms with Crippen LogP contribution in [-0.4, -0.2) is 49.3 Å². The summed E-state index contributed by atoms with van der Waals surface area (Å²) in [6.45, 7) is 7.34. The Morgan fingerprint density at radius 3 is 2.81 bits per heavy atom. The predicted molar refractivity (Wildman–Crippen MR) is 86.5 cm³/mol. The van der Waals surface area contributed by atoms with Gasteiger partial charge in [0.2, 0.25) is 5.88 Å². The molecular formula is C16H21ClN2O2. The first-order chi connectivity index (χ1) is 9.83. The molecule has 0 aliphatic carbocycles. The van der Waals surface area contributed by atoms with Crippen LogP contribution in [0.3, 0.4) is 0 Å². The maximum absolute atomic E-state index is 5.80. The number of nitrogens with zero attached hydrogens (tertiary/aromatic N) is 2. The monoisotopic (exact) mass is 308 g/mol. The van der Waals surface area contributed by atoms with Gasteiger partial charge in [-0.15, -0.1) is 12.4 Å². The molecule has 114 valence electrons. The van der Waals surface area contributed by atoms with Gasteiger partial charge in [-0.25, -0.2) is 4.98 Å². The maximum Gasteiger partial charge on any atom is 0.214 e. The Bertz CT molecular complexity index is 585. The van der Waals surface area contributed by atoms with Crippen molar-refractivity contribution in [3.05, 3.63) is 35.9 Å². The summed E-state index contributed by atoms with van der Waals surface area (Å²) in [5.74, 6) is 0.717. The van der Waals surface area contributed by atoms with Gasteiger partial charge in [-0.2, -0.15) is 0 Å². The second-order valence-corrected chi connectivity index (χ2v) is 5.10. The van der Waals surface area contributed by atoms with Crippen molar-refractivity contribution in [1.82, 2.24) is 9.88 Å². The van der Waals surface area contributed by atoms with Gasteiger partial charge < -0.3 is 9.47 Å². The SMILES string of the molecule is Cc1cc(OCCN2CCOCC2)nc2ccccc12.Cl. The molecular weight excluding hydrogens is 288 g/mol. The zero-order chi connectivity index (χ0) is 13.8. The van der Waals surface area contributed by atoms with E-state index >= 15 is 0 Å². The van der Waals surface area contributed by atoms with Crippen LogP contribution in [0.25, 0.3) is 10.9 Å². The number of morpholine rings is 1. The Balaban J connectivity index is 0.00000161. The highest BCUT2D eigenvalue weighted by atomic mass is 35.5. The predicted octanol–water partition coefficient (Wildman–Crippen LogP) is 2.68. The van der Waals surface area contributed by atoms with Crippen LogP contribution in [0.5, 0.6) is 5.88 Å². The molecule has 1 fully saturated rings. The summed E-state index contributed by atoms with van der Waals surface area (Å²) in [6.07, 6.45) is 0. The Hall–Kier alpha value is -1.36. The third kappa shape index (κ3) is 4.06. The smallest absolute Gasteiger partial charge is 0.214 e. The van der Waals surface area contributed by atoms with E-state index in [1.807, 2.05) is 24.3 Å². The standard InChI is InChI=1S/C16H20N2O2.ClH/c1-13-12-16(17-15-5-3-2-4-14(13)15)20-11-8-18-6-9-19-10-7-18;/h2-5,12H,6-11H2,1H3;1H. The second-order valence-electron chi connectivity index (χ2n) is 5.10. The molecule has 5 heteroatoms. The van der Waals surface area contributed by atoms with Gasteiger partial charge in [-0.05, 0) is 18.6 Å². The summed E-state index contributed by atoms with van der Waals surface area (Å²) in [5, 5.41) is 1.19. The van der Waals surface area contributed by atoms with Crippen LogP contribution in [0.2, 0.25) is 0 Å². The summed E-state index contributed by atoms with van der Waals surface area (Å²) in [4.78, 5) is 6.91. The lowest BCUT2D eigenvalue weighted by molar-refractivity contribution is 0.0320. The van der Waals surface area contributed by atoms with E-state index in [0.29, 0.717) is 6.61 Å². The second kappa shape index (κ2) is 7.59. The first-order valence-electron chi connectivity index (χ1n) is 7.12. The first-order valence-corrected chi connectivity index (χ1v) is 7.12. The number of para-hydroxylation sites is 1. The quantitative estimate of drug-likeness (QED) is 0.870. The number of aryl methyl sites for hydroxylation is 1. The molecule has 0 unspecified atom stereocenters. The van der Waals surface area contributed by atoms with E-state index in [2.05, 4.69) is 22.9 Å². The minimum absolute atomic E-state index is 0. The van der Waals surface area contributed by atoms with Crippen molar-refractivity contribution in [1.29, 1.82) is 0 Å². The van der Waals surface area contributed by atoms with Gasteiger partial charge in [0.25, 0.3) is 0 Å². The number of hydrogen-bond acceptors (Lipinski definition) is 4. The molecule has 1 aromatic heterocycles. The summed E-state index contributed by atoms with van der Waals surface area (Å²) >= 11 is 0. The van der Waals surface area contributed by atoms with Crippen LogP contribution in [0, 0.1) is 6.92 Å². The van der Waals surface area contributed by atoms with Gasteiger partial charge in [0, 0.05) is 31.1 Å². The van der Waals surface area contributed by atoms with Gasteiger partial charge in [-0.3, -0.25) is 4.90 Å². The van der Waals surface area contributed by atoms with E-state index in [4.69, 9.17) is 9.47 Å². The molecule has 0 bridgehead atoms. The van der Waals surface area contributed by atoms with Gasteiger partial charge in [0.15, 0.2) is 0 Å². The highest BCUT2D eigenvalue weighted by molar-refractivity contribution is 5.85. The van der Waals surface area contributed by atoms with Crippen LogP contribution in [0.15, 0.2) is 30.3 Å². The average molecular weight is 309 g/mol. The molecule has 0 N–H and O–H groups in total. The molecule has 1 aliphatic heterocycles. The molecule has 2 aromatic rings. The van der Waals surface area contributed by atoms with Crippen molar-refractivity contribution >= 4 is 23.3 Å². The molecule has 0 radical (unpaired) electrons. The van der Waals surface area contributed by atoms with Crippen LogP contribution in [-0.2, 0) is 4.74 Å². The van der Waals surface area contributed by atoms with Gasteiger partial charge in [0.1, 0.15) is 6.61 Å². The van der Waals surface area contributed by atoms with Crippen molar-refractivity contribution < 1.29 is 9.47 Å². The van der Waals surface area contributed by atoms with Crippen LogP contribution in [0.1, 0.15) is 5.56 Å². The number of hydrogen-bond donors (Lipinski definition) is 0. The van der Waals surface area contributed by atoms with Crippen LogP contribution < -0.4 is 4.74 Å². The molecule has 0 spiro atoms. The van der Waals surface area contributed by atoms with Gasteiger partial charge >= 0.3 is 0 Å². The topological polar surface area (TPSA) is 34.6 Å². The maximum atomic E-state index is 5.80. The Kier molecular flexibility index (Phi) is 5.79. The lowest BCUT2D eigenvalue weighted by Gasteiger charge is -2.26. The zero-order valence-electron chi connectivity index (χ0n) is 12.2. The molecule has 3 rings (SSSR count). The molecule has 0 saturated carbocycles. The number of ether oxygens (including phenoxy) is 2. The largest absolute Gasteiger partial charge is 0.476 e. The molecule has 0 atom stereocenters. The van der Waals surface area contributed by atoms with Crippen LogP contribution in [0.4, 0.5) is 0 Å². The van der Waals surface area contributed by atoms with E-state index in [1.54, 1.807) is 0 Å². The fraction of sp³-hybridized carbons (Fsp3) is 0.438. The fourth-order valence-corrected chi connectivity index (χ4v) is 2.50. The van der Waals surface area contributed by atoms with E-state index in [0.717, 1.165) is 44.2 Å². The highest BCUT2D eigenvalue weighted by Crippen LogP contribution is 2.20. The van der Waals surface area contributed by atoms with E-state index in [-0.39, 0.29) is 12.4 Å². The molecule has 1 aromatic carbocycles. The van der Waals surface area contributed by atoms with Crippen LogP contribution >= 0.6 is 12.4 Å². The number of aromatic nitrogens is 1. The third-order valence-corrected chi connectivity index (χ3v) is 3.66. The Labute approximate surface area is 131 Å². The first kappa shape index (κ1) is 16.0. The lowest BCUT2D eigenvalue weighted by atomic mass is 10.1. The van der Waals surface area contributed by atoms with Crippen molar-refractivity contribution in [3.8, 4) is 5.88 Å². The van der Waals surface area contributed by atoms with E-state index in [1.165, 1.54) is 10.9 Å². The summed E-state index contributed by atoms with van der Waals surface area (Å²) < 4.78 is 11.1. The Morgan fingerprint density at radius 1 is 1.24 bits per heavy atom. The minimum Gasteiger partial charge on any atom is -0.476 e. The minimum atomic E-state index is 0. The summed E-state index contributed by atoms with van der Waals surface area (Å²) in [7, 11) is 0. The zero-order valence-corrected chi connectivity index (χ0v) is 13.1. The molecule has 1 saturated heterocycles. The fourth-order valence-electron chi connectivity index (χ4n) is 2.50. The average Bonchev–Trinajstić information content (AvgIpc) is 2.48. The normalized spacial score (nSPS) is 15.7. The third-order valence-electron chi connectivity index (χ3n) is 3.66. The molecule has 1 aliphatic rings. The summed E-state index contributed by atoms with van der Waals surface area (Å²) in [6, 6.07) is 10.2. The van der Waals surface area contributed by atoms with E-state index in [9.17, 15) is 0 Å². The molecule has 2 heterocycles. The molecule has 21 heavy (non-hydrogen) atoms. The van der Waals surface area contributed by atoms with Crippen molar-refractivity contribution in [2.45, 2.75) is 6.92 Å². The van der Waals surface area contributed by atoms with Crippen molar-refractivity contribution in [2.75, 3.05) is 39.5 Å². The number of benzene rings is 1. The summed E-state index contributed by atoms with van der Waals surface area (Å²) in [5.41, 5.74) is 2.20. The van der Waals surface area contributed by atoms with Crippen molar-refractivity contribution in [3.63, 3.8) is 0 Å². The highest BCUT2D eigenvalue weighted by Gasteiger charge is 2.10. The van der Waals surface area contributed by atoms with Crippen molar-refractivity contribution in [2.24, 2.45) is 0 Å². The number of halogens is 1. The number of pyridine rings is 1. The lowest BCUT2D eigenvalue weighted by Crippen LogP contribution is -2.38. The molecule has 0 amide bonds. The number of fused-ring (bicyclic) bond motifs is 1. The van der Waals surface area contributed by atoms with Gasteiger partial charge in [-0.1, -0.05) is 18.2 Å².